The van der Waals surface area contributed by atoms with Crippen LogP contribution in [0.15, 0.2) is 12.3 Å². The molecule has 0 fully saturated rings. The van der Waals surface area contributed by atoms with E-state index in [9.17, 15) is 18.0 Å². The number of ether oxygens (including phenoxy) is 1. The van der Waals surface area contributed by atoms with Crippen molar-refractivity contribution >= 4 is 5.97 Å². The second-order valence-electron chi connectivity index (χ2n) is 3.90. The molecule has 6 nitrogen and oxygen atoms in total. The summed E-state index contributed by atoms with van der Waals surface area (Å²) in [7, 11) is 1.25. The monoisotopic (exact) mass is 276 g/mol. The lowest BCUT2D eigenvalue weighted by Gasteiger charge is -2.26. The molecule has 2 rings (SSSR count). The van der Waals surface area contributed by atoms with Crippen LogP contribution >= 0.6 is 0 Å². The first-order valence-corrected chi connectivity index (χ1v) is 5.41. The molecule has 9 heteroatoms. The fraction of sp³-hybridized carbons (Fsp3) is 0.500. The van der Waals surface area contributed by atoms with Crippen molar-refractivity contribution in [3.8, 4) is 0 Å². The highest BCUT2D eigenvalue weighted by atomic mass is 19.4. The molecule has 0 bridgehead atoms. The number of hydrogen-bond acceptors (Lipinski definition) is 5. The lowest BCUT2D eigenvalue weighted by atomic mass is 10.3. The number of carbonyl (C=O) groups excluding carboxylic acids is 1. The number of rotatable bonds is 2. The summed E-state index contributed by atoms with van der Waals surface area (Å²) in [4.78, 5) is 12.6. The number of hydrogen-bond donors (Lipinski definition) is 0. The summed E-state index contributed by atoms with van der Waals surface area (Å²) in [6.07, 6.45) is -1.83. The first kappa shape index (κ1) is 13.4. The summed E-state index contributed by atoms with van der Waals surface area (Å²) in [5.41, 5.74) is 0. The number of halogens is 3. The molecule has 2 heterocycles. The Kier molecular flexibility index (Phi) is 3.45. The Morgan fingerprint density at radius 3 is 2.74 bits per heavy atom. The fourth-order valence-electron chi connectivity index (χ4n) is 1.75. The Hall–Kier alpha value is -2.06. The van der Waals surface area contributed by atoms with Gasteiger partial charge >= 0.3 is 12.1 Å². The molecule has 0 unspecified atom stereocenters. The number of alkyl halides is 3. The van der Waals surface area contributed by atoms with E-state index in [4.69, 9.17) is 0 Å². The predicted octanol–water partition coefficient (Wildman–Crippen LogP) is 0.799. The van der Waals surface area contributed by atoms with Gasteiger partial charge in [-0.15, -0.1) is 10.2 Å². The molecule has 1 aliphatic rings. The Labute approximate surface area is 106 Å². The van der Waals surface area contributed by atoms with E-state index in [0.29, 0.717) is 6.54 Å². The van der Waals surface area contributed by atoms with Crippen molar-refractivity contribution in [2.45, 2.75) is 19.3 Å². The van der Waals surface area contributed by atoms with Gasteiger partial charge in [0.05, 0.1) is 13.7 Å². The van der Waals surface area contributed by atoms with Gasteiger partial charge in [0.1, 0.15) is 0 Å². The van der Waals surface area contributed by atoms with Crippen molar-refractivity contribution in [1.29, 1.82) is 0 Å². The van der Waals surface area contributed by atoms with Crippen LogP contribution in [0.2, 0.25) is 0 Å². The van der Waals surface area contributed by atoms with Gasteiger partial charge < -0.3 is 14.2 Å². The first-order chi connectivity index (χ1) is 8.91. The second kappa shape index (κ2) is 4.90. The standard InChI is InChI=1S/C10H11F3N4O2/c1-19-8(18)2-3-16-4-5-17-7(6-16)14-15-9(17)10(11,12)13/h2-3H,4-6H2,1H3. The molecule has 0 radical (unpaired) electrons. The average Bonchev–Trinajstić information content (AvgIpc) is 2.78. The Morgan fingerprint density at radius 2 is 2.11 bits per heavy atom. The van der Waals surface area contributed by atoms with E-state index in [0.717, 1.165) is 4.57 Å². The van der Waals surface area contributed by atoms with Crippen LogP contribution in [0.3, 0.4) is 0 Å². The van der Waals surface area contributed by atoms with Crippen molar-refractivity contribution < 1.29 is 22.7 Å². The van der Waals surface area contributed by atoms with Gasteiger partial charge in [0.2, 0.25) is 5.82 Å². The molecule has 1 aromatic rings. The molecular weight excluding hydrogens is 265 g/mol. The van der Waals surface area contributed by atoms with E-state index in [1.54, 1.807) is 4.90 Å². The maximum atomic E-state index is 12.6. The predicted molar refractivity (Wildman–Crippen MR) is 56.6 cm³/mol. The zero-order valence-electron chi connectivity index (χ0n) is 10.0. The third-order valence-electron chi connectivity index (χ3n) is 2.66. The van der Waals surface area contributed by atoms with Gasteiger partial charge in [-0.25, -0.2) is 4.79 Å². The summed E-state index contributed by atoms with van der Waals surface area (Å²) in [6.45, 7) is 0.612. The average molecular weight is 276 g/mol. The number of esters is 1. The van der Waals surface area contributed by atoms with Crippen molar-refractivity contribution in [2.24, 2.45) is 0 Å². The number of nitrogens with zero attached hydrogens (tertiary/aromatic N) is 4. The van der Waals surface area contributed by atoms with Crippen LogP contribution in [0, 0.1) is 0 Å². The Morgan fingerprint density at radius 1 is 1.37 bits per heavy atom. The van der Waals surface area contributed by atoms with E-state index in [2.05, 4.69) is 14.9 Å². The van der Waals surface area contributed by atoms with Crippen LogP contribution < -0.4 is 0 Å². The summed E-state index contributed by atoms with van der Waals surface area (Å²) < 4.78 is 43.3. The molecule has 0 aromatic carbocycles. The minimum atomic E-state index is -4.50. The maximum Gasteiger partial charge on any atom is 0.451 e. The number of carbonyl (C=O) groups is 1. The van der Waals surface area contributed by atoms with Crippen molar-refractivity contribution in [2.75, 3.05) is 13.7 Å². The Balaban J connectivity index is 2.12. The maximum absolute atomic E-state index is 12.6. The number of methoxy groups -OCH3 is 1. The third-order valence-corrected chi connectivity index (χ3v) is 2.66. The van der Waals surface area contributed by atoms with Gasteiger partial charge in [0.25, 0.3) is 0 Å². The fourth-order valence-corrected chi connectivity index (χ4v) is 1.75. The third kappa shape index (κ3) is 2.85. The number of fused-ring (bicyclic) bond motifs is 1. The van der Waals surface area contributed by atoms with E-state index in [-0.39, 0.29) is 18.9 Å². The summed E-state index contributed by atoms with van der Waals surface area (Å²) in [5, 5.41) is 6.68. The van der Waals surface area contributed by atoms with E-state index < -0.39 is 18.0 Å². The van der Waals surface area contributed by atoms with Crippen LogP contribution in [0.25, 0.3) is 0 Å². The van der Waals surface area contributed by atoms with Gasteiger partial charge in [-0.2, -0.15) is 13.2 Å². The molecule has 0 atom stereocenters. The van der Waals surface area contributed by atoms with Crippen LogP contribution in [0.4, 0.5) is 13.2 Å². The molecule has 104 valence electrons. The van der Waals surface area contributed by atoms with Crippen molar-refractivity contribution in [3.05, 3.63) is 23.9 Å². The highest BCUT2D eigenvalue weighted by Gasteiger charge is 2.39. The van der Waals surface area contributed by atoms with E-state index in [1.165, 1.54) is 19.4 Å². The second-order valence-corrected chi connectivity index (χ2v) is 3.90. The van der Waals surface area contributed by atoms with Gasteiger partial charge in [-0.05, 0) is 0 Å². The highest BCUT2D eigenvalue weighted by Crippen LogP contribution is 2.29. The molecular formula is C10H11F3N4O2. The van der Waals surface area contributed by atoms with E-state index in [1.807, 2.05) is 0 Å². The first-order valence-electron chi connectivity index (χ1n) is 5.41. The van der Waals surface area contributed by atoms with Crippen molar-refractivity contribution in [3.63, 3.8) is 0 Å². The molecule has 0 saturated carbocycles. The summed E-state index contributed by atoms with van der Waals surface area (Å²) in [6, 6.07) is 0. The highest BCUT2D eigenvalue weighted by molar-refractivity contribution is 5.81. The smallest absolute Gasteiger partial charge is 0.451 e. The zero-order valence-corrected chi connectivity index (χ0v) is 10.0. The van der Waals surface area contributed by atoms with Gasteiger partial charge in [0.15, 0.2) is 5.82 Å². The minimum Gasteiger partial charge on any atom is -0.466 e. The number of aromatic nitrogens is 3. The Bertz CT molecular complexity index is 509. The zero-order chi connectivity index (χ0) is 14.0. The van der Waals surface area contributed by atoms with Gasteiger partial charge in [-0.3, -0.25) is 0 Å². The van der Waals surface area contributed by atoms with Crippen LogP contribution in [-0.2, 0) is 28.8 Å². The van der Waals surface area contributed by atoms with Crippen molar-refractivity contribution in [1.82, 2.24) is 19.7 Å². The van der Waals surface area contributed by atoms with Crippen LogP contribution in [0.1, 0.15) is 11.6 Å². The SMILES string of the molecule is COC(=O)C=CN1CCn2c(nnc2C(F)(F)F)C1. The van der Waals surface area contributed by atoms with E-state index >= 15 is 0 Å². The van der Waals surface area contributed by atoms with Gasteiger partial charge in [0, 0.05) is 25.4 Å². The molecule has 0 N–H and O–H groups in total. The van der Waals surface area contributed by atoms with Gasteiger partial charge in [-0.1, -0.05) is 0 Å². The lowest BCUT2D eigenvalue weighted by molar-refractivity contribution is -0.147. The molecule has 1 aliphatic heterocycles. The topological polar surface area (TPSA) is 60.2 Å². The molecule has 19 heavy (non-hydrogen) atoms. The minimum absolute atomic E-state index is 0.114. The molecule has 1 aromatic heterocycles. The van der Waals surface area contributed by atoms with Crippen LogP contribution in [0.5, 0.6) is 0 Å². The lowest BCUT2D eigenvalue weighted by Crippen LogP contribution is -2.32. The molecule has 0 spiro atoms. The molecule has 0 saturated heterocycles. The quantitative estimate of drug-likeness (QED) is 0.590. The van der Waals surface area contributed by atoms with Crippen LogP contribution in [-0.4, -0.2) is 39.3 Å². The normalized spacial score (nSPS) is 15.7. The molecule has 0 amide bonds. The molecule has 0 aliphatic carbocycles. The summed E-state index contributed by atoms with van der Waals surface area (Å²) >= 11 is 0. The largest absolute Gasteiger partial charge is 0.466 e. The summed E-state index contributed by atoms with van der Waals surface area (Å²) in [5.74, 6) is -1.30.